The first kappa shape index (κ1) is 21.3. The van der Waals surface area contributed by atoms with Gasteiger partial charge in [0.15, 0.2) is 0 Å². The van der Waals surface area contributed by atoms with Gasteiger partial charge < -0.3 is 9.64 Å². The number of amides is 1. The van der Waals surface area contributed by atoms with Gasteiger partial charge in [-0.1, -0.05) is 6.07 Å². The van der Waals surface area contributed by atoms with Gasteiger partial charge in [-0.05, 0) is 84.9 Å². The molecule has 0 fully saturated rings. The number of hydrogen-bond donors (Lipinski definition) is 1. The standard InChI is InChI=1S/C19H23BrN2O4S2/c1-19(2,3)26-18(23)21-10-8-13-4-5-15(12-14(13)9-11-21)22(28(24)25)17-7-6-16(20)27-17/h4-7,12H,8-11H2,1-3H3,(H,24,25). The molecule has 1 unspecified atom stereocenters. The summed E-state index contributed by atoms with van der Waals surface area (Å²) in [6.45, 7) is 6.72. The predicted octanol–water partition coefficient (Wildman–Crippen LogP) is 5.12. The van der Waals surface area contributed by atoms with Crippen LogP contribution < -0.4 is 4.31 Å². The minimum Gasteiger partial charge on any atom is -0.444 e. The van der Waals surface area contributed by atoms with Crippen LogP contribution in [0, 0.1) is 0 Å². The van der Waals surface area contributed by atoms with Crippen LogP contribution in [0.1, 0.15) is 31.9 Å². The number of benzene rings is 1. The zero-order chi connectivity index (χ0) is 20.5. The first-order chi connectivity index (χ1) is 13.1. The van der Waals surface area contributed by atoms with E-state index in [0.717, 1.165) is 21.3 Å². The second kappa shape index (κ2) is 8.52. The van der Waals surface area contributed by atoms with Gasteiger partial charge in [0.05, 0.1) is 9.47 Å². The Labute approximate surface area is 180 Å². The van der Waals surface area contributed by atoms with Crippen molar-refractivity contribution in [3.63, 3.8) is 0 Å². The lowest BCUT2D eigenvalue weighted by Crippen LogP contribution is -2.38. The van der Waals surface area contributed by atoms with Gasteiger partial charge in [-0.15, -0.1) is 11.3 Å². The van der Waals surface area contributed by atoms with Crippen molar-refractivity contribution in [3.05, 3.63) is 45.2 Å². The van der Waals surface area contributed by atoms with E-state index in [2.05, 4.69) is 15.9 Å². The van der Waals surface area contributed by atoms with Gasteiger partial charge in [0, 0.05) is 13.1 Å². The molecule has 0 bridgehead atoms. The van der Waals surface area contributed by atoms with Gasteiger partial charge in [0.1, 0.15) is 10.6 Å². The van der Waals surface area contributed by atoms with Gasteiger partial charge in [0.25, 0.3) is 11.3 Å². The fourth-order valence-corrected chi connectivity index (χ4v) is 5.16. The Morgan fingerprint density at radius 1 is 1.21 bits per heavy atom. The number of ether oxygens (including phenoxy) is 1. The number of anilines is 2. The van der Waals surface area contributed by atoms with E-state index in [1.54, 1.807) is 11.0 Å². The van der Waals surface area contributed by atoms with Crippen LogP contribution in [0.5, 0.6) is 0 Å². The molecule has 0 radical (unpaired) electrons. The highest BCUT2D eigenvalue weighted by Crippen LogP contribution is 2.36. The Balaban J connectivity index is 1.81. The van der Waals surface area contributed by atoms with Crippen LogP contribution in [0.4, 0.5) is 15.5 Å². The second-order valence-electron chi connectivity index (χ2n) is 7.52. The van der Waals surface area contributed by atoms with E-state index < -0.39 is 16.9 Å². The molecule has 0 aliphatic carbocycles. The van der Waals surface area contributed by atoms with E-state index in [1.165, 1.54) is 15.6 Å². The average Bonchev–Trinajstić information content (AvgIpc) is 2.88. The van der Waals surface area contributed by atoms with E-state index >= 15 is 0 Å². The molecule has 1 N–H and O–H groups in total. The third kappa shape index (κ3) is 5.14. The summed E-state index contributed by atoms with van der Waals surface area (Å²) in [5.74, 6) is 0. The average molecular weight is 487 g/mol. The fourth-order valence-electron chi connectivity index (χ4n) is 3.06. The number of thiophene rings is 1. The lowest BCUT2D eigenvalue weighted by Gasteiger charge is -2.26. The number of nitrogens with zero attached hydrogens (tertiary/aromatic N) is 2. The summed E-state index contributed by atoms with van der Waals surface area (Å²) in [5, 5.41) is 0.677. The Bertz CT molecular complexity index is 894. The first-order valence-electron chi connectivity index (χ1n) is 8.90. The molecule has 152 valence electrons. The van der Waals surface area contributed by atoms with Crippen molar-refractivity contribution in [1.29, 1.82) is 0 Å². The van der Waals surface area contributed by atoms with Crippen LogP contribution >= 0.6 is 27.3 Å². The number of halogens is 1. The quantitative estimate of drug-likeness (QED) is 0.611. The van der Waals surface area contributed by atoms with Gasteiger partial charge in [-0.2, -0.15) is 0 Å². The van der Waals surface area contributed by atoms with E-state index in [0.29, 0.717) is 30.2 Å². The summed E-state index contributed by atoms with van der Waals surface area (Å²) >= 11 is 2.60. The lowest BCUT2D eigenvalue weighted by molar-refractivity contribution is 0.0258. The molecule has 3 rings (SSSR count). The monoisotopic (exact) mass is 486 g/mol. The Kier molecular flexibility index (Phi) is 6.48. The summed E-state index contributed by atoms with van der Waals surface area (Å²) in [6, 6.07) is 9.42. The minimum atomic E-state index is -2.18. The largest absolute Gasteiger partial charge is 0.444 e. The van der Waals surface area contributed by atoms with Crippen molar-refractivity contribution in [2.45, 2.75) is 39.2 Å². The maximum Gasteiger partial charge on any atom is 0.410 e. The highest BCUT2D eigenvalue weighted by atomic mass is 79.9. The van der Waals surface area contributed by atoms with Crippen LogP contribution in [0.3, 0.4) is 0 Å². The molecule has 1 amide bonds. The highest BCUT2D eigenvalue weighted by Gasteiger charge is 2.25. The molecule has 9 heteroatoms. The third-order valence-corrected chi connectivity index (χ3v) is 6.74. The molecular weight excluding hydrogens is 464 g/mol. The second-order valence-corrected chi connectivity index (χ2v) is 10.8. The molecule has 1 aliphatic rings. The van der Waals surface area contributed by atoms with Gasteiger partial charge in [0.2, 0.25) is 0 Å². The summed E-state index contributed by atoms with van der Waals surface area (Å²) < 4.78 is 29.6. The zero-order valence-corrected chi connectivity index (χ0v) is 19.2. The summed E-state index contributed by atoms with van der Waals surface area (Å²) in [7, 11) is 0. The number of fused-ring (bicyclic) bond motifs is 1. The van der Waals surface area contributed by atoms with Gasteiger partial charge >= 0.3 is 6.09 Å². The molecule has 0 saturated heterocycles. The smallest absolute Gasteiger partial charge is 0.410 e. The molecule has 1 atom stereocenters. The number of carbonyl (C=O) groups excluding carboxylic acids is 1. The van der Waals surface area contributed by atoms with Crippen molar-refractivity contribution in [1.82, 2.24) is 4.90 Å². The Hall–Kier alpha value is -1.42. The number of carbonyl (C=O) groups is 1. The Morgan fingerprint density at radius 3 is 2.46 bits per heavy atom. The molecule has 1 aliphatic heterocycles. The molecule has 28 heavy (non-hydrogen) atoms. The molecule has 2 heterocycles. The molecule has 1 aromatic carbocycles. The number of hydrogen-bond acceptors (Lipinski definition) is 4. The normalized spacial score (nSPS) is 15.5. The van der Waals surface area contributed by atoms with E-state index in [9.17, 15) is 13.6 Å². The van der Waals surface area contributed by atoms with E-state index in [-0.39, 0.29) is 6.09 Å². The molecule has 2 aromatic rings. The maximum absolute atomic E-state index is 12.4. The van der Waals surface area contributed by atoms with Crippen molar-refractivity contribution >= 4 is 55.3 Å². The van der Waals surface area contributed by atoms with Crippen LogP contribution in [0.15, 0.2) is 34.1 Å². The fraction of sp³-hybridized carbons (Fsp3) is 0.421. The van der Waals surface area contributed by atoms with Gasteiger partial charge in [-0.3, -0.25) is 4.55 Å². The summed E-state index contributed by atoms with van der Waals surface area (Å²) in [4.78, 5) is 14.1. The lowest BCUT2D eigenvalue weighted by atomic mass is 10.0. The van der Waals surface area contributed by atoms with Crippen LogP contribution in [0.25, 0.3) is 0 Å². The third-order valence-electron chi connectivity index (χ3n) is 4.29. The topological polar surface area (TPSA) is 70.1 Å². The van der Waals surface area contributed by atoms with E-state index in [4.69, 9.17) is 4.74 Å². The summed E-state index contributed by atoms with van der Waals surface area (Å²) in [5.41, 5.74) is 2.35. The molecule has 6 nitrogen and oxygen atoms in total. The molecule has 1 aromatic heterocycles. The van der Waals surface area contributed by atoms with Crippen molar-refractivity contribution in [2.75, 3.05) is 17.4 Å². The number of rotatable bonds is 3. The van der Waals surface area contributed by atoms with Crippen LogP contribution in [-0.4, -0.2) is 38.4 Å². The minimum absolute atomic E-state index is 0.304. The summed E-state index contributed by atoms with van der Waals surface area (Å²) in [6.07, 6.45) is 1.09. The van der Waals surface area contributed by atoms with Crippen molar-refractivity contribution in [2.24, 2.45) is 0 Å². The predicted molar refractivity (Wildman–Crippen MR) is 117 cm³/mol. The van der Waals surface area contributed by atoms with E-state index in [1.807, 2.05) is 45.0 Å². The highest BCUT2D eigenvalue weighted by molar-refractivity contribution is 9.11. The SMILES string of the molecule is CC(C)(C)OC(=O)N1CCc2ccc(N(c3ccc(Br)s3)S(=O)O)cc2CC1. The first-order valence-corrected chi connectivity index (χ1v) is 11.6. The van der Waals surface area contributed by atoms with Crippen molar-refractivity contribution < 1.29 is 18.3 Å². The van der Waals surface area contributed by atoms with Crippen molar-refractivity contribution in [3.8, 4) is 0 Å². The molecule has 0 spiro atoms. The Morgan fingerprint density at radius 2 is 1.89 bits per heavy atom. The van der Waals surface area contributed by atoms with Crippen LogP contribution in [0.2, 0.25) is 0 Å². The zero-order valence-electron chi connectivity index (χ0n) is 16.0. The molecule has 0 saturated carbocycles. The molecular formula is C19H23BrN2O4S2. The van der Waals surface area contributed by atoms with Crippen LogP contribution in [-0.2, 0) is 28.8 Å². The maximum atomic E-state index is 12.4. The van der Waals surface area contributed by atoms with Gasteiger partial charge in [-0.25, -0.2) is 13.3 Å².